The van der Waals surface area contributed by atoms with Crippen molar-refractivity contribution in [3.8, 4) is 9.88 Å². The smallest absolute Gasteiger partial charge is 0.269 e. The van der Waals surface area contributed by atoms with E-state index in [-0.39, 0.29) is 23.0 Å². The average molecular weight is 433 g/mol. The minimum absolute atomic E-state index is 0.00230. The molecule has 0 aliphatic carbocycles. The lowest BCUT2D eigenvalue weighted by molar-refractivity contribution is -0.384. The maximum Gasteiger partial charge on any atom is 0.269 e. The summed E-state index contributed by atoms with van der Waals surface area (Å²) in [7, 11) is 0. The van der Waals surface area contributed by atoms with Gasteiger partial charge in [-0.15, -0.1) is 22.7 Å². The van der Waals surface area contributed by atoms with E-state index >= 15 is 0 Å². The lowest BCUT2D eigenvalue weighted by Crippen LogP contribution is -2.45. The Morgan fingerprint density at radius 3 is 2.64 bits per heavy atom. The van der Waals surface area contributed by atoms with E-state index in [1.165, 1.54) is 23.5 Å². The van der Waals surface area contributed by atoms with Gasteiger partial charge in [0.15, 0.2) is 10.9 Å². The number of rotatable bonds is 8. The lowest BCUT2D eigenvalue weighted by atomic mass is 9.99. The number of nitrogens with two attached hydrogens (primary N) is 1. The quantitative estimate of drug-likeness (QED) is 0.319. The molecule has 0 aliphatic heterocycles. The zero-order valence-corrected chi connectivity index (χ0v) is 17.0. The summed E-state index contributed by atoms with van der Waals surface area (Å²) in [6.07, 6.45) is 0.464. The van der Waals surface area contributed by atoms with Crippen molar-refractivity contribution < 1.29 is 9.72 Å². The molecule has 7 nitrogen and oxygen atoms in total. The lowest BCUT2D eigenvalue weighted by Gasteiger charge is -2.17. The Balaban J connectivity index is 1.71. The number of nitrogens with one attached hydrogen (secondary N) is 1. The van der Waals surface area contributed by atoms with Gasteiger partial charge in [-0.2, -0.15) is 0 Å². The third-order valence-corrected chi connectivity index (χ3v) is 5.98. The Kier molecular flexibility index (Phi) is 6.45. The van der Waals surface area contributed by atoms with Crippen LogP contribution in [0.1, 0.15) is 11.3 Å². The van der Waals surface area contributed by atoms with Crippen LogP contribution in [0.5, 0.6) is 0 Å². The van der Waals surface area contributed by atoms with Crippen molar-refractivity contribution in [1.82, 2.24) is 10.3 Å². The summed E-state index contributed by atoms with van der Waals surface area (Å²) in [4.78, 5) is 28.7. The van der Waals surface area contributed by atoms with Gasteiger partial charge in [-0.1, -0.05) is 18.2 Å². The van der Waals surface area contributed by atoms with Crippen molar-refractivity contribution in [2.75, 3.05) is 0 Å². The number of hydrogen-bond donors (Lipinski definition) is 2. The molecule has 28 heavy (non-hydrogen) atoms. The fraction of sp³-hybridized carbons (Fsp3) is 0.167. The number of non-ortho nitro benzene ring substituents is 1. The van der Waals surface area contributed by atoms with Crippen molar-refractivity contribution in [2.24, 2.45) is 5.73 Å². The van der Waals surface area contributed by atoms with Crippen LogP contribution in [0.15, 0.2) is 47.2 Å². The molecule has 3 rings (SSSR count). The standard InChI is InChI=1S/C18H16N4O3S3/c19-18(26)21-14(8-11-3-5-13(6-4-11)22(24)25)15(23)9-12-10-28-17(20-12)16-2-1-7-27-16/h1-7,10,14H,8-9H2,(H3,19,21,26)/t14-/m0/s1. The van der Waals surface area contributed by atoms with Crippen molar-refractivity contribution in [1.29, 1.82) is 0 Å². The Morgan fingerprint density at radius 1 is 1.29 bits per heavy atom. The SMILES string of the molecule is NC(=S)N[C@@H](Cc1ccc([N+](=O)[O-])cc1)C(=O)Cc1csc(-c2cccs2)n1. The molecule has 144 valence electrons. The number of Topliss-reactive ketones (excluding diaryl/α,β-unsaturated/α-hetero) is 1. The summed E-state index contributed by atoms with van der Waals surface area (Å²) in [5.41, 5.74) is 7.03. The minimum atomic E-state index is -0.633. The summed E-state index contributed by atoms with van der Waals surface area (Å²) < 4.78 is 0. The Labute approximate surface area is 174 Å². The van der Waals surface area contributed by atoms with E-state index in [9.17, 15) is 14.9 Å². The molecule has 2 heterocycles. The molecule has 0 amide bonds. The van der Waals surface area contributed by atoms with Crippen molar-refractivity contribution in [3.63, 3.8) is 0 Å². The van der Waals surface area contributed by atoms with Gasteiger partial charge in [0, 0.05) is 17.5 Å². The van der Waals surface area contributed by atoms with Gasteiger partial charge in [0.25, 0.3) is 5.69 Å². The van der Waals surface area contributed by atoms with E-state index in [1.807, 2.05) is 22.9 Å². The minimum Gasteiger partial charge on any atom is -0.376 e. The number of thiophene rings is 1. The van der Waals surface area contributed by atoms with E-state index in [1.54, 1.807) is 23.5 Å². The number of aromatic nitrogens is 1. The van der Waals surface area contributed by atoms with E-state index in [4.69, 9.17) is 18.0 Å². The molecule has 0 saturated carbocycles. The largest absolute Gasteiger partial charge is 0.376 e. The third-order valence-electron chi connectivity index (χ3n) is 3.93. The second-order valence-corrected chi connectivity index (χ2v) is 8.20. The van der Waals surface area contributed by atoms with Crippen LogP contribution in [0, 0.1) is 10.1 Å². The molecule has 3 aromatic rings. The zero-order valence-electron chi connectivity index (χ0n) is 14.5. The number of nitro groups is 1. The number of benzene rings is 1. The fourth-order valence-electron chi connectivity index (χ4n) is 2.61. The van der Waals surface area contributed by atoms with Crippen LogP contribution in [0.4, 0.5) is 5.69 Å². The van der Waals surface area contributed by atoms with Crippen molar-refractivity contribution in [3.05, 3.63) is 68.5 Å². The van der Waals surface area contributed by atoms with Gasteiger partial charge in [-0.05, 0) is 35.6 Å². The summed E-state index contributed by atoms with van der Waals surface area (Å²) in [6.45, 7) is 0. The van der Waals surface area contributed by atoms with Gasteiger partial charge in [-0.3, -0.25) is 14.9 Å². The molecule has 0 bridgehead atoms. The fourth-order valence-corrected chi connectivity index (χ4v) is 4.39. The second kappa shape index (κ2) is 9.00. The molecule has 3 N–H and O–H groups in total. The Morgan fingerprint density at radius 2 is 2.04 bits per heavy atom. The first-order valence-corrected chi connectivity index (χ1v) is 10.4. The number of carbonyl (C=O) groups excluding carboxylic acids is 1. The van der Waals surface area contributed by atoms with Crippen LogP contribution >= 0.6 is 34.9 Å². The Hall–Kier alpha value is -2.69. The zero-order chi connectivity index (χ0) is 20.1. The van der Waals surface area contributed by atoms with Crippen molar-refractivity contribution in [2.45, 2.75) is 18.9 Å². The molecular formula is C18H16N4O3S3. The molecule has 1 atom stereocenters. The van der Waals surface area contributed by atoms with E-state index in [0.29, 0.717) is 12.1 Å². The highest BCUT2D eigenvalue weighted by molar-refractivity contribution is 7.80. The van der Waals surface area contributed by atoms with Crippen LogP contribution in [0.2, 0.25) is 0 Å². The van der Waals surface area contributed by atoms with Crippen LogP contribution in [0.25, 0.3) is 9.88 Å². The second-order valence-electron chi connectivity index (χ2n) is 5.95. The first-order chi connectivity index (χ1) is 13.4. The Bertz CT molecular complexity index is 984. The number of thiazole rings is 1. The first-order valence-electron chi connectivity index (χ1n) is 8.22. The molecule has 0 radical (unpaired) electrons. The van der Waals surface area contributed by atoms with E-state index in [0.717, 1.165) is 15.4 Å². The van der Waals surface area contributed by atoms with Crippen LogP contribution in [-0.2, 0) is 17.6 Å². The first kappa shape index (κ1) is 20.1. The number of nitrogens with zero attached hydrogens (tertiary/aromatic N) is 2. The molecule has 0 unspecified atom stereocenters. The summed E-state index contributed by atoms with van der Waals surface area (Å²) in [5, 5.41) is 18.4. The van der Waals surface area contributed by atoms with E-state index < -0.39 is 11.0 Å². The topological polar surface area (TPSA) is 111 Å². The van der Waals surface area contributed by atoms with Crippen LogP contribution in [-0.4, -0.2) is 26.8 Å². The number of thiocarbonyl (C=S) groups is 1. The highest BCUT2D eigenvalue weighted by atomic mass is 32.1. The molecule has 1 aromatic carbocycles. The highest BCUT2D eigenvalue weighted by Gasteiger charge is 2.21. The number of hydrogen-bond acceptors (Lipinski definition) is 7. The van der Waals surface area contributed by atoms with Gasteiger partial charge in [0.2, 0.25) is 0 Å². The predicted molar refractivity (Wildman–Crippen MR) is 115 cm³/mol. The van der Waals surface area contributed by atoms with Gasteiger partial charge in [0.05, 0.1) is 28.0 Å². The molecule has 2 aromatic heterocycles. The number of ketones is 1. The summed E-state index contributed by atoms with van der Waals surface area (Å²) >= 11 is 7.99. The normalized spacial score (nSPS) is 11.7. The van der Waals surface area contributed by atoms with Gasteiger partial charge in [0.1, 0.15) is 5.01 Å². The van der Waals surface area contributed by atoms with Crippen LogP contribution < -0.4 is 11.1 Å². The molecular weight excluding hydrogens is 416 g/mol. The molecule has 0 spiro atoms. The van der Waals surface area contributed by atoms with Gasteiger partial charge >= 0.3 is 0 Å². The number of carbonyl (C=O) groups is 1. The highest BCUT2D eigenvalue weighted by Crippen LogP contribution is 2.28. The van der Waals surface area contributed by atoms with Gasteiger partial charge < -0.3 is 11.1 Å². The molecule has 0 fully saturated rings. The molecule has 10 heteroatoms. The van der Waals surface area contributed by atoms with E-state index in [2.05, 4.69) is 10.3 Å². The average Bonchev–Trinajstić information content (AvgIpc) is 3.32. The van der Waals surface area contributed by atoms with Crippen LogP contribution in [0.3, 0.4) is 0 Å². The number of nitro benzene ring substituents is 1. The summed E-state index contributed by atoms with van der Waals surface area (Å²) in [5.74, 6) is -0.103. The third kappa shape index (κ3) is 5.18. The van der Waals surface area contributed by atoms with Crippen molar-refractivity contribution >= 4 is 51.5 Å². The maximum atomic E-state index is 12.8. The maximum absolute atomic E-state index is 12.8. The predicted octanol–water partition coefficient (Wildman–Crippen LogP) is 3.34. The molecule has 0 saturated heterocycles. The summed E-state index contributed by atoms with van der Waals surface area (Å²) in [6, 6.07) is 9.37. The monoisotopic (exact) mass is 432 g/mol. The molecule has 0 aliphatic rings. The van der Waals surface area contributed by atoms with Gasteiger partial charge in [-0.25, -0.2) is 4.98 Å².